The van der Waals surface area contributed by atoms with Gasteiger partial charge in [0, 0.05) is 19.2 Å². The predicted molar refractivity (Wildman–Crippen MR) is 60.9 cm³/mol. The number of hydrogen-bond acceptors (Lipinski definition) is 3. The number of furan rings is 1. The third-order valence-electron chi connectivity index (χ3n) is 3.20. The molecule has 1 fully saturated rings. The highest BCUT2D eigenvalue weighted by Gasteiger charge is 2.22. The van der Waals surface area contributed by atoms with E-state index in [2.05, 4.69) is 11.8 Å². The molecule has 0 aliphatic heterocycles. The molecule has 16 heavy (non-hydrogen) atoms. The van der Waals surface area contributed by atoms with Gasteiger partial charge in [0.25, 0.3) is 0 Å². The summed E-state index contributed by atoms with van der Waals surface area (Å²) in [5.41, 5.74) is 0. The molecule has 1 aromatic rings. The molecule has 0 bridgehead atoms. The Morgan fingerprint density at radius 2 is 2.31 bits per heavy atom. The number of rotatable bonds is 5. The standard InChI is InChI=1S/C12H17NO3/c1-2-13(8-9-4-3-5-9)11-7-6-10(16-11)12(14)15/h6-7,9H,2-5,8H2,1H3,(H,14,15). The Labute approximate surface area is 94.9 Å². The number of aromatic carboxylic acids is 1. The van der Waals surface area contributed by atoms with Crippen LogP contribution in [0.15, 0.2) is 16.5 Å². The Bertz CT molecular complexity index is 368. The monoisotopic (exact) mass is 223 g/mol. The molecule has 0 atom stereocenters. The second kappa shape index (κ2) is 4.60. The Morgan fingerprint density at radius 3 is 2.75 bits per heavy atom. The lowest BCUT2D eigenvalue weighted by atomic mass is 9.85. The van der Waals surface area contributed by atoms with E-state index in [0.717, 1.165) is 19.0 Å². The smallest absolute Gasteiger partial charge is 0.371 e. The molecule has 1 saturated carbocycles. The number of hydrogen-bond donors (Lipinski definition) is 1. The van der Waals surface area contributed by atoms with Gasteiger partial charge in [-0.15, -0.1) is 0 Å². The Balaban J connectivity index is 2.03. The van der Waals surface area contributed by atoms with Crippen LogP contribution in [0.2, 0.25) is 0 Å². The summed E-state index contributed by atoms with van der Waals surface area (Å²) in [6, 6.07) is 3.26. The Morgan fingerprint density at radius 1 is 1.56 bits per heavy atom. The Kier molecular flexibility index (Phi) is 3.17. The first kappa shape index (κ1) is 11.0. The van der Waals surface area contributed by atoms with E-state index in [0.29, 0.717) is 5.88 Å². The van der Waals surface area contributed by atoms with Crippen LogP contribution in [0, 0.1) is 5.92 Å². The molecule has 0 aromatic carbocycles. The summed E-state index contributed by atoms with van der Waals surface area (Å²) < 4.78 is 5.29. The molecule has 0 unspecified atom stereocenters. The van der Waals surface area contributed by atoms with Gasteiger partial charge >= 0.3 is 5.97 Å². The van der Waals surface area contributed by atoms with E-state index in [1.807, 2.05) is 0 Å². The summed E-state index contributed by atoms with van der Waals surface area (Å²) >= 11 is 0. The summed E-state index contributed by atoms with van der Waals surface area (Å²) in [7, 11) is 0. The van der Waals surface area contributed by atoms with Crippen LogP contribution in [0.4, 0.5) is 5.88 Å². The number of anilines is 1. The van der Waals surface area contributed by atoms with E-state index < -0.39 is 5.97 Å². The van der Waals surface area contributed by atoms with Crippen molar-refractivity contribution in [1.82, 2.24) is 0 Å². The molecule has 1 N–H and O–H groups in total. The highest BCUT2D eigenvalue weighted by atomic mass is 16.4. The Hall–Kier alpha value is -1.45. The number of carboxylic acids is 1. The first-order valence-corrected chi connectivity index (χ1v) is 5.78. The van der Waals surface area contributed by atoms with Crippen LogP contribution < -0.4 is 4.90 Å². The maximum Gasteiger partial charge on any atom is 0.371 e. The molecular formula is C12H17NO3. The van der Waals surface area contributed by atoms with Gasteiger partial charge in [-0.1, -0.05) is 6.42 Å². The van der Waals surface area contributed by atoms with Gasteiger partial charge in [-0.25, -0.2) is 4.79 Å². The average Bonchev–Trinajstić information content (AvgIpc) is 2.65. The van der Waals surface area contributed by atoms with Crippen LogP contribution in [0.1, 0.15) is 36.7 Å². The third kappa shape index (κ3) is 2.21. The lowest BCUT2D eigenvalue weighted by Gasteiger charge is -2.31. The quantitative estimate of drug-likeness (QED) is 0.833. The summed E-state index contributed by atoms with van der Waals surface area (Å²) in [5, 5.41) is 8.78. The summed E-state index contributed by atoms with van der Waals surface area (Å²) in [6.07, 6.45) is 3.88. The van der Waals surface area contributed by atoms with Crippen molar-refractivity contribution in [2.75, 3.05) is 18.0 Å². The highest BCUT2D eigenvalue weighted by Crippen LogP contribution is 2.29. The molecular weight excluding hydrogens is 206 g/mol. The van der Waals surface area contributed by atoms with Gasteiger partial charge < -0.3 is 14.4 Å². The summed E-state index contributed by atoms with van der Waals surface area (Å²) in [5.74, 6) is 0.429. The number of nitrogens with zero attached hydrogens (tertiary/aromatic N) is 1. The molecule has 0 spiro atoms. The highest BCUT2D eigenvalue weighted by molar-refractivity contribution is 5.84. The molecule has 1 aliphatic rings. The SMILES string of the molecule is CCN(CC1CCC1)c1ccc(C(=O)O)o1. The molecule has 0 radical (unpaired) electrons. The van der Waals surface area contributed by atoms with E-state index in [9.17, 15) is 4.79 Å². The van der Waals surface area contributed by atoms with Crippen molar-refractivity contribution < 1.29 is 14.3 Å². The van der Waals surface area contributed by atoms with Crippen LogP contribution in [-0.4, -0.2) is 24.2 Å². The van der Waals surface area contributed by atoms with Crippen molar-refractivity contribution in [2.24, 2.45) is 5.92 Å². The van der Waals surface area contributed by atoms with Crippen molar-refractivity contribution in [3.8, 4) is 0 Å². The van der Waals surface area contributed by atoms with E-state index in [1.165, 1.54) is 25.3 Å². The lowest BCUT2D eigenvalue weighted by Crippen LogP contribution is -2.32. The van der Waals surface area contributed by atoms with Crippen molar-refractivity contribution in [2.45, 2.75) is 26.2 Å². The molecule has 2 rings (SSSR count). The second-order valence-corrected chi connectivity index (χ2v) is 4.28. The van der Waals surface area contributed by atoms with Crippen molar-refractivity contribution in [3.05, 3.63) is 17.9 Å². The maximum absolute atomic E-state index is 10.7. The number of carbonyl (C=O) groups is 1. The fourth-order valence-corrected chi connectivity index (χ4v) is 1.97. The fourth-order valence-electron chi connectivity index (χ4n) is 1.97. The van der Waals surface area contributed by atoms with Crippen molar-refractivity contribution in [1.29, 1.82) is 0 Å². The molecule has 1 aliphatic carbocycles. The normalized spacial score (nSPS) is 15.8. The van der Waals surface area contributed by atoms with Crippen LogP contribution >= 0.6 is 0 Å². The van der Waals surface area contributed by atoms with Crippen LogP contribution in [0.5, 0.6) is 0 Å². The van der Waals surface area contributed by atoms with Crippen molar-refractivity contribution >= 4 is 11.9 Å². The van der Waals surface area contributed by atoms with Crippen LogP contribution in [-0.2, 0) is 0 Å². The molecule has 1 heterocycles. The van der Waals surface area contributed by atoms with E-state index in [-0.39, 0.29) is 5.76 Å². The van der Waals surface area contributed by atoms with E-state index >= 15 is 0 Å². The fraction of sp³-hybridized carbons (Fsp3) is 0.583. The third-order valence-corrected chi connectivity index (χ3v) is 3.20. The molecule has 4 nitrogen and oxygen atoms in total. The molecule has 1 aromatic heterocycles. The summed E-state index contributed by atoms with van der Waals surface area (Å²) in [6.45, 7) is 3.88. The minimum Gasteiger partial charge on any atom is -0.475 e. The van der Waals surface area contributed by atoms with Gasteiger partial charge in [0.15, 0.2) is 5.88 Å². The summed E-state index contributed by atoms with van der Waals surface area (Å²) in [4.78, 5) is 12.8. The maximum atomic E-state index is 10.7. The number of carboxylic acid groups (broad SMARTS) is 1. The zero-order chi connectivity index (χ0) is 11.5. The molecule has 0 saturated heterocycles. The first-order chi connectivity index (χ1) is 7.70. The van der Waals surface area contributed by atoms with Gasteiger partial charge in [-0.3, -0.25) is 0 Å². The van der Waals surface area contributed by atoms with E-state index in [4.69, 9.17) is 9.52 Å². The minimum atomic E-state index is -1.01. The molecule has 4 heteroatoms. The molecule has 0 amide bonds. The van der Waals surface area contributed by atoms with Crippen molar-refractivity contribution in [3.63, 3.8) is 0 Å². The minimum absolute atomic E-state index is 0.0158. The van der Waals surface area contributed by atoms with E-state index in [1.54, 1.807) is 6.07 Å². The zero-order valence-corrected chi connectivity index (χ0v) is 9.48. The average molecular weight is 223 g/mol. The van der Waals surface area contributed by atoms with Crippen LogP contribution in [0.3, 0.4) is 0 Å². The predicted octanol–water partition coefficient (Wildman–Crippen LogP) is 2.60. The first-order valence-electron chi connectivity index (χ1n) is 5.78. The van der Waals surface area contributed by atoms with Gasteiger partial charge in [-0.2, -0.15) is 0 Å². The van der Waals surface area contributed by atoms with Crippen LogP contribution in [0.25, 0.3) is 0 Å². The second-order valence-electron chi connectivity index (χ2n) is 4.28. The largest absolute Gasteiger partial charge is 0.475 e. The lowest BCUT2D eigenvalue weighted by molar-refractivity contribution is 0.0663. The van der Waals surface area contributed by atoms with Gasteiger partial charge in [0.2, 0.25) is 5.76 Å². The van der Waals surface area contributed by atoms with Gasteiger partial charge in [0.05, 0.1) is 0 Å². The topological polar surface area (TPSA) is 53.7 Å². The zero-order valence-electron chi connectivity index (χ0n) is 9.48. The molecule has 88 valence electrons. The van der Waals surface area contributed by atoms with Gasteiger partial charge in [-0.05, 0) is 31.7 Å². The van der Waals surface area contributed by atoms with Gasteiger partial charge in [0.1, 0.15) is 0 Å².